The van der Waals surface area contributed by atoms with Gasteiger partial charge < -0.3 is 20.0 Å². The Morgan fingerprint density at radius 3 is 2.16 bits per heavy atom. The first-order valence-electron chi connectivity index (χ1n) is 13.2. The van der Waals surface area contributed by atoms with Gasteiger partial charge in [0.1, 0.15) is 5.97 Å². The molecule has 11 heteroatoms. The molecule has 5 N–H and O–H groups in total. The molecule has 0 aromatic heterocycles. The Morgan fingerprint density at radius 1 is 0.909 bits per heavy atom. The number of hydrogen-bond donors (Lipinski definition) is 3. The number of fused-ring (bicyclic) bond motifs is 1. The number of carboxylic acid groups (broad SMARTS) is 1. The molecule has 4 aromatic carbocycles. The van der Waals surface area contributed by atoms with E-state index in [1.807, 2.05) is 97.1 Å². The number of nitrogens with two attached hydrogens (primary N) is 2. The van der Waals surface area contributed by atoms with Crippen molar-refractivity contribution in [2.24, 2.45) is 11.7 Å². The molecule has 0 unspecified atom stereocenters. The highest BCUT2D eigenvalue weighted by Gasteiger charge is 2.30. The maximum absolute atomic E-state index is 13.4. The van der Waals surface area contributed by atoms with Crippen LogP contribution in [0.2, 0.25) is 0 Å². The standard InChI is InChI=1S/C31H29N3O3.C2HF3O2/c1-37-31(36)27(19-22-10-7-13-25(18-22)29(32)33)28(17-14-21-8-3-2-4-9-21)34-30(35)26-16-15-23-11-5-6-12-24(23)20-26;3-2(4,5)1(6)7/h2-18,20,27-28H,19H2,1H3,(H3,32,33)(H,34,35);(H,6,7)/b17-14+;/t27-,28-;/m1./s1. The maximum Gasteiger partial charge on any atom is 0.430 e. The van der Waals surface area contributed by atoms with Crippen LogP contribution in [0, 0.1) is 5.92 Å². The number of amidine groups is 1. The summed E-state index contributed by atoms with van der Waals surface area (Å²) in [4.78, 5) is 35.2. The van der Waals surface area contributed by atoms with Crippen LogP contribution in [0.4, 0.5) is 13.2 Å². The number of carboxylic acids is 1. The van der Waals surface area contributed by atoms with Crippen molar-refractivity contribution in [1.29, 1.82) is 0 Å². The summed E-state index contributed by atoms with van der Waals surface area (Å²) in [5.74, 6) is -4.22. The first kappa shape index (κ1) is 33.1. The van der Waals surface area contributed by atoms with Gasteiger partial charge >= 0.3 is 12.1 Å². The van der Waals surface area contributed by atoms with E-state index in [2.05, 4.69) is 5.32 Å². The fraction of sp³-hybridized carbons (Fsp3) is 0.152. The van der Waals surface area contributed by atoms with Gasteiger partial charge in [0.25, 0.3) is 11.7 Å². The van der Waals surface area contributed by atoms with Gasteiger partial charge in [-0.15, -0.1) is 0 Å². The van der Waals surface area contributed by atoms with Gasteiger partial charge in [-0.1, -0.05) is 84.9 Å². The molecule has 0 aliphatic heterocycles. The molecule has 0 bridgehead atoms. The van der Waals surface area contributed by atoms with E-state index in [0.29, 0.717) is 17.5 Å². The normalized spacial score (nSPS) is 12.5. The van der Waals surface area contributed by atoms with Crippen LogP contribution in [0.1, 0.15) is 27.0 Å². The van der Waals surface area contributed by atoms with Gasteiger partial charge in [0.2, 0.25) is 0 Å². The number of esters is 1. The summed E-state index contributed by atoms with van der Waals surface area (Å²) >= 11 is 0. The molecule has 0 saturated heterocycles. The van der Waals surface area contributed by atoms with E-state index in [1.54, 1.807) is 12.1 Å². The third-order valence-corrected chi connectivity index (χ3v) is 6.49. The van der Waals surface area contributed by atoms with Crippen LogP contribution >= 0.6 is 0 Å². The molecule has 2 atom stereocenters. The first-order chi connectivity index (χ1) is 20.9. The van der Waals surface area contributed by atoms with Gasteiger partial charge in [-0.25, -0.2) is 0 Å². The topological polar surface area (TPSA) is 147 Å². The van der Waals surface area contributed by atoms with Crippen LogP contribution in [0.5, 0.6) is 0 Å². The minimum absolute atomic E-state index is 0.196. The second-order valence-corrected chi connectivity index (χ2v) is 9.61. The fourth-order valence-corrected chi connectivity index (χ4v) is 4.27. The number of ether oxygens (including phenoxy) is 1. The van der Waals surface area contributed by atoms with E-state index in [9.17, 15) is 22.8 Å². The molecule has 8 nitrogen and oxygen atoms in total. The summed E-state index contributed by atoms with van der Waals surface area (Å²) in [5.41, 5.74) is 8.76. The van der Waals surface area contributed by atoms with Crippen molar-refractivity contribution in [3.63, 3.8) is 0 Å². The van der Waals surface area contributed by atoms with Crippen molar-refractivity contribution in [3.05, 3.63) is 125 Å². The minimum Gasteiger partial charge on any atom is -0.542 e. The minimum atomic E-state index is -5.19. The Balaban J connectivity index is 0.000000676. The molecule has 228 valence electrons. The summed E-state index contributed by atoms with van der Waals surface area (Å²) < 4.78 is 36.7. The van der Waals surface area contributed by atoms with Crippen LogP contribution in [0.3, 0.4) is 0 Å². The zero-order valence-corrected chi connectivity index (χ0v) is 23.6. The van der Waals surface area contributed by atoms with Gasteiger partial charge in [0.05, 0.1) is 24.6 Å². The Hall–Kier alpha value is -5.45. The third kappa shape index (κ3) is 9.55. The Labute approximate surface area is 251 Å². The summed E-state index contributed by atoms with van der Waals surface area (Å²) in [7, 11) is 1.35. The van der Waals surface area contributed by atoms with E-state index in [-0.39, 0.29) is 11.7 Å². The fourth-order valence-electron chi connectivity index (χ4n) is 4.27. The molecule has 0 heterocycles. The van der Waals surface area contributed by atoms with Crippen LogP contribution in [0.15, 0.2) is 103 Å². The van der Waals surface area contributed by atoms with Crippen LogP contribution in [0.25, 0.3) is 16.8 Å². The van der Waals surface area contributed by atoms with Crippen molar-refractivity contribution in [2.75, 3.05) is 7.11 Å². The molecule has 0 spiro atoms. The van der Waals surface area contributed by atoms with E-state index in [4.69, 9.17) is 25.8 Å². The number of nitrogens with one attached hydrogen (secondary N) is 1. The van der Waals surface area contributed by atoms with Crippen molar-refractivity contribution < 1.29 is 42.8 Å². The summed E-state index contributed by atoms with van der Waals surface area (Å²) in [6.45, 7) is 0. The molecule has 0 saturated carbocycles. The molecule has 0 fully saturated rings. The van der Waals surface area contributed by atoms with E-state index >= 15 is 0 Å². The molecule has 0 aliphatic rings. The van der Waals surface area contributed by atoms with Crippen LogP contribution < -0.4 is 21.6 Å². The van der Waals surface area contributed by atoms with Crippen molar-refractivity contribution in [3.8, 4) is 0 Å². The summed E-state index contributed by atoms with van der Waals surface area (Å²) in [5, 5.41) is 19.6. The number of amides is 1. The highest BCUT2D eigenvalue weighted by atomic mass is 19.4. The molecular formula is C33H30F3N3O5. The number of benzene rings is 4. The van der Waals surface area contributed by atoms with Crippen molar-refractivity contribution in [2.45, 2.75) is 18.6 Å². The van der Waals surface area contributed by atoms with Gasteiger partial charge in [0.15, 0.2) is 0 Å². The lowest BCUT2D eigenvalue weighted by molar-refractivity contribution is -0.344. The number of aliphatic carboxylic acids is 1. The number of methoxy groups -OCH3 is 1. The highest BCUT2D eigenvalue weighted by molar-refractivity contribution is 5.99. The predicted molar refractivity (Wildman–Crippen MR) is 158 cm³/mol. The van der Waals surface area contributed by atoms with Gasteiger partial charge in [-0.05, 0) is 52.6 Å². The second-order valence-electron chi connectivity index (χ2n) is 9.61. The van der Waals surface area contributed by atoms with Gasteiger partial charge in [-0.3, -0.25) is 20.7 Å². The Bertz CT molecular complexity index is 1660. The lowest BCUT2D eigenvalue weighted by Gasteiger charge is -2.24. The van der Waals surface area contributed by atoms with Crippen molar-refractivity contribution in [1.82, 2.24) is 5.32 Å². The van der Waals surface area contributed by atoms with Crippen molar-refractivity contribution >= 4 is 40.5 Å². The number of carbonyl (C=O) groups is 3. The highest BCUT2D eigenvalue weighted by Crippen LogP contribution is 2.20. The number of carbonyl (C=O) groups excluding carboxylic acids is 3. The number of alkyl halides is 3. The maximum atomic E-state index is 13.4. The number of halogens is 3. The largest absolute Gasteiger partial charge is 0.542 e. The molecule has 4 aromatic rings. The first-order valence-corrected chi connectivity index (χ1v) is 13.2. The number of rotatable bonds is 9. The number of hydrogen-bond acceptors (Lipinski definition) is 5. The monoisotopic (exact) mass is 605 g/mol. The quantitative estimate of drug-likeness (QED) is 0.152. The zero-order valence-electron chi connectivity index (χ0n) is 23.6. The van der Waals surface area contributed by atoms with Crippen LogP contribution in [-0.4, -0.2) is 43.0 Å². The second kappa shape index (κ2) is 15.1. The Kier molecular flexibility index (Phi) is 11.4. The van der Waals surface area contributed by atoms with E-state index in [1.165, 1.54) is 7.11 Å². The van der Waals surface area contributed by atoms with Crippen LogP contribution in [-0.2, 0) is 20.7 Å². The predicted octanol–water partition coefficient (Wildman–Crippen LogP) is 2.45. The molecule has 44 heavy (non-hydrogen) atoms. The molecule has 4 rings (SSSR count). The summed E-state index contributed by atoms with van der Waals surface area (Å²) in [6, 6.07) is 29.8. The van der Waals surface area contributed by atoms with E-state index in [0.717, 1.165) is 21.9 Å². The SMILES string of the molecule is COC(=O)[C@H](Cc1cccc(C(N)=[NH2+])c1)[C@@H](/C=C/c1ccccc1)NC(=O)c1ccc2ccccc2c1.O=C([O-])C(F)(F)F. The smallest absolute Gasteiger partial charge is 0.430 e. The third-order valence-electron chi connectivity index (χ3n) is 6.49. The Morgan fingerprint density at radius 2 is 1.55 bits per heavy atom. The van der Waals surface area contributed by atoms with E-state index < -0.39 is 30.1 Å². The molecule has 0 radical (unpaired) electrons. The molecule has 0 aliphatic carbocycles. The van der Waals surface area contributed by atoms with Gasteiger partial charge in [0, 0.05) is 5.56 Å². The average molecular weight is 606 g/mol. The molecular weight excluding hydrogens is 575 g/mol. The zero-order chi connectivity index (χ0) is 32.3. The lowest BCUT2D eigenvalue weighted by Crippen LogP contribution is -2.46. The lowest BCUT2D eigenvalue weighted by atomic mass is 9.90. The average Bonchev–Trinajstić information content (AvgIpc) is 3.01. The summed E-state index contributed by atoms with van der Waals surface area (Å²) in [6.07, 6.45) is -1.15. The van der Waals surface area contributed by atoms with Gasteiger partial charge in [-0.2, -0.15) is 13.2 Å². The molecule has 1 amide bonds.